The molecule has 0 heterocycles. The van der Waals surface area contributed by atoms with Crippen molar-refractivity contribution in [1.82, 2.24) is 0 Å². The van der Waals surface area contributed by atoms with Gasteiger partial charge in [-0.1, -0.05) is 18.7 Å². The summed E-state index contributed by atoms with van der Waals surface area (Å²) in [5.74, 6) is -4.52. The summed E-state index contributed by atoms with van der Waals surface area (Å²) in [5, 5.41) is 8.52. The van der Waals surface area contributed by atoms with Gasteiger partial charge >= 0.3 is 30.3 Å². The smallest absolute Gasteiger partial charge is 0.426 e. The van der Waals surface area contributed by atoms with Crippen molar-refractivity contribution in [3.63, 3.8) is 0 Å². The lowest BCUT2D eigenvalue weighted by molar-refractivity contribution is -0.222. The zero-order chi connectivity index (χ0) is 24.3. The molecule has 0 bridgehead atoms. The van der Waals surface area contributed by atoms with Crippen LogP contribution in [-0.2, 0) is 35.6 Å². The monoisotopic (exact) mass is 468 g/mol. The van der Waals surface area contributed by atoms with Crippen molar-refractivity contribution < 1.29 is 55.3 Å². The van der Waals surface area contributed by atoms with Gasteiger partial charge in [0.2, 0.25) is 6.10 Å². The summed E-state index contributed by atoms with van der Waals surface area (Å²) in [6, 6.07) is 3.99. The average Bonchev–Trinajstić information content (AvgIpc) is 2.62. The highest BCUT2D eigenvalue weighted by atomic mass is 19.4. The zero-order valence-electron chi connectivity index (χ0n) is 16.4. The lowest BCUT2D eigenvalue weighted by atomic mass is 9.74. The normalized spacial score (nSPS) is 16.4. The number of alkyl halides is 6. The van der Waals surface area contributed by atoms with Crippen molar-refractivity contribution in [3.05, 3.63) is 47.5 Å². The van der Waals surface area contributed by atoms with Crippen molar-refractivity contribution >= 4 is 17.9 Å². The number of benzene rings is 1. The molecule has 6 nitrogen and oxygen atoms in total. The number of rotatable bonds is 8. The molecule has 1 aliphatic rings. The topological polar surface area (TPSA) is 89.9 Å². The third-order valence-electron chi connectivity index (χ3n) is 4.83. The van der Waals surface area contributed by atoms with E-state index in [9.17, 15) is 40.7 Å². The summed E-state index contributed by atoms with van der Waals surface area (Å²) < 4.78 is 86.1. The van der Waals surface area contributed by atoms with Crippen molar-refractivity contribution in [2.45, 2.75) is 56.2 Å². The Bertz CT molecular complexity index is 883. The molecule has 1 aliphatic carbocycles. The number of hydrogen-bond donors (Lipinski definition) is 1. The average molecular weight is 468 g/mol. The Morgan fingerprint density at radius 2 is 1.62 bits per heavy atom. The van der Waals surface area contributed by atoms with Gasteiger partial charge in [0.05, 0.1) is 18.4 Å². The van der Waals surface area contributed by atoms with E-state index < -0.39 is 65.9 Å². The minimum atomic E-state index is -5.15. The fourth-order valence-corrected chi connectivity index (χ4v) is 3.01. The van der Waals surface area contributed by atoms with E-state index >= 15 is 0 Å². The molecule has 0 spiro atoms. The molecule has 1 fully saturated rings. The predicted octanol–water partition coefficient (Wildman–Crippen LogP) is 4.52. The number of carboxylic acids is 1. The quantitative estimate of drug-likeness (QED) is 0.343. The van der Waals surface area contributed by atoms with Crippen LogP contribution in [0.1, 0.15) is 43.2 Å². The molecule has 0 radical (unpaired) electrons. The molecule has 0 aromatic heterocycles. The Morgan fingerprint density at radius 3 is 2.03 bits per heavy atom. The first-order chi connectivity index (χ1) is 14.6. The van der Waals surface area contributed by atoms with Gasteiger partial charge in [-0.2, -0.15) is 26.3 Å². The maximum Gasteiger partial charge on any atom is 0.426 e. The van der Waals surface area contributed by atoms with E-state index in [0.29, 0.717) is 24.8 Å². The van der Waals surface area contributed by atoms with E-state index in [1.165, 1.54) is 0 Å². The van der Waals surface area contributed by atoms with Crippen molar-refractivity contribution in [3.8, 4) is 0 Å². The van der Waals surface area contributed by atoms with Gasteiger partial charge in [-0.05, 0) is 37.0 Å². The molecule has 0 saturated heterocycles. The second-order valence-corrected chi connectivity index (χ2v) is 7.21. The maximum atomic E-state index is 12.8. The molecular formula is C20H18F6O6. The number of esters is 2. The Labute approximate surface area is 177 Å². The summed E-state index contributed by atoms with van der Waals surface area (Å²) in [6.07, 6.45) is -13.8. The summed E-state index contributed by atoms with van der Waals surface area (Å²) in [6.45, 7) is 3.18. The zero-order valence-corrected chi connectivity index (χ0v) is 16.4. The van der Waals surface area contributed by atoms with Gasteiger partial charge in [0, 0.05) is 5.57 Å². The molecule has 1 aromatic rings. The molecule has 1 aromatic carbocycles. The van der Waals surface area contributed by atoms with Crippen LogP contribution in [-0.4, -0.2) is 35.3 Å². The third kappa shape index (κ3) is 6.24. The second kappa shape index (κ2) is 9.21. The van der Waals surface area contributed by atoms with E-state index in [4.69, 9.17) is 9.84 Å². The number of aliphatic carboxylic acids is 1. The van der Waals surface area contributed by atoms with Crippen LogP contribution in [0.2, 0.25) is 0 Å². The lowest BCUT2D eigenvalue weighted by Gasteiger charge is -2.41. The van der Waals surface area contributed by atoms with Crippen molar-refractivity contribution in [2.24, 2.45) is 0 Å². The van der Waals surface area contributed by atoms with Crippen LogP contribution in [0.5, 0.6) is 0 Å². The van der Waals surface area contributed by atoms with Gasteiger partial charge < -0.3 is 14.6 Å². The summed E-state index contributed by atoms with van der Waals surface area (Å²) in [7, 11) is 0. The highest BCUT2D eigenvalue weighted by Crippen LogP contribution is 2.45. The van der Waals surface area contributed by atoms with Crippen molar-refractivity contribution in [2.75, 3.05) is 0 Å². The maximum absolute atomic E-state index is 12.8. The second-order valence-electron chi connectivity index (χ2n) is 7.21. The first kappa shape index (κ1) is 25.2. The highest BCUT2D eigenvalue weighted by molar-refractivity contribution is 5.93. The fourth-order valence-electron chi connectivity index (χ4n) is 3.01. The van der Waals surface area contributed by atoms with Gasteiger partial charge in [-0.3, -0.25) is 9.59 Å². The molecule has 1 N–H and O–H groups in total. The van der Waals surface area contributed by atoms with Gasteiger partial charge in [0.1, 0.15) is 5.60 Å². The van der Waals surface area contributed by atoms with Crippen LogP contribution >= 0.6 is 0 Å². The number of halogens is 6. The minimum Gasteiger partial charge on any atom is -0.481 e. The van der Waals surface area contributed by atoms with E-state index in [1.807, 2.05) is 0 Å². The molecule has 12 heteroatoms. The summed E-state index contributed by atoms with van der Waals surface area (Å²) >= 11 is 0. The molecule has 1 atom stereocenters. The number of carbonyl (C=O) groups is 3. The highest BCUT2D eigenvalue weighted by Gasteiger charge is 2.45. The molecule has 0 aliphatic heterocycles. The van der Waals surface area contributed by atoms with Gasteiger partial charge in [-0.25, -0.2) is 4.79 Å². The SMILES string of the molecule is C=C(CC(=O)OC1(c2ccc(C(F)(F)F)cc2)CCC1)C(=O)O[C@H](CC(=O)O)C(F)(F)F. The van der Waals surface area contributed by atoms with E-state index in [2.05, 4.69) is 11.3 Å². The molecular weight excluding hydrogens is 450 g/mol. The van der Waals surface area contributed by atoms with Gasteiger partial charge in [0.25, 0.3) is 0 Å². The van der Waals surface area contributed by atoms with E-state index in [-0.39, 0.29) is 0 Å². The Hall–Kier alpha value is -3.05. The predicted molar refractivity (Wildman–Crippen MR) is 95.0 cm³/mol. The van der Waals surface area contributed by atoms with Crippen LogP contribution in [0.15, 0.2) is 36.4 Å². The first-order valence-corrected chi connectivity index (χ1v) is 9.21. The van der Waals surface area contributed by atoms with Crippen LogP contribution in [0.4, 0.5) is 26.3 Å². The van der Waals surface area contributed by atoms with Gasteiger partial charge in [-0.15, -0.1) is 0 Å². The number of hydrogen-bond acceptors (Lipinski definition) is 5. The fraction of sp³-hybridized carbons (Fsp3) is 0.450. The van der Waals surface area contributed by atoms with Crippen LogP contribution in [0.3, 0.4) is 0 Å². The Morgan fingerprint density at radius 1 is 1.06 bits per heavy atom. The number of carbonyl (C=O) groups excluding carboxylic acids is 2. The van der Waals surface area contributed by atoms with Crippen LogP contribution in [0.25, 0.3) is 0 Å². The first-order valence-electron chi connectivity index (χ1n) is 9.21. The molecule has 2 rings (SSSR count). The minimum absolute atomic E-state index is 0.301. The molecule has 1 saturated carbocycles. The van der Waals surface area contributed by atoms with Crippen LogP contribution < -0.4 is 0 Å². The summed E-state index contributed by atoms with van der Waals surface area (Å²) in [4.78, 5) is 34.6. The Balaban J connectivity index is 2.03. The molecule has 0 amide bonds. The van der Waals surface area contributed by atoms with Crippen molar-refractivity contribution in [1.29, 1.82) is 0 Å². The third-order valence-corrected chi connectivity index (χ3v) is 4.83. The summed E-state index contributed by atoms with van der Waals surface area (Å²) in [5.41, 5.74) is -2.50. The van der Waals surface area contributed by atoms with Crippen LogP contribution in [0, 0.1) is 0 Å². The largest absolute Gasteiger partial charge is 0.481 e. The van der Waals surface area contributed by atoms with Gasteiger partial charge in [0.15, 0.2) is 0 Å². The lowest BCUT2D eigenvalue weighted by Crippen LogP contribution is -2.39. The molecule has 32 heavy (non-hydrogen) atoms. The van der Waals surface area contributed by atoms with E-state index in [0.717, 1.165) is 24.3 Å². The molecule has 176 valence electrons. The standard InChI is InChI=1S/C20H18F6O6/c1-11(17(30)31-14(10-15(27)28)20(24,25)26)9-16(29)32-18(7-2-8-18)12-3-5-13(6-4-12)19(21,22)23/h3-6,14H,1-2,7-10H2,(H,27,28)/t14-/m1/s1. The number of ether oxygens (including phenoxy) is 2. The number of carboxylic acid groups (broad SMARTS) is 1. The Kier molecular flexibility index (Phi) is 7.26. The molecule has 0 unspecified atom stereocenters. The van der Waals surface area contributed by atoms with E-state index in [1.54, 1.807) is 0 Å².